The van der Waals surface area contributed by atoms with Crippen LogP contribution in [0.4, 0.5) is 5.69 Å². The largest absolute Gasteiger partial charge is 0.495 e. The van der Waals surface area contributed by atoms with Gasteiger partial charge in [0.05, 0.1) is 18.6 Å². The third-order valence-electron chi connectivity index (χ3n) is 3.52. The molecular weight excluding hydrogens is 276 g/mol. The first kappa shape index (κ1) is 15.1. The molecule has 1 aromatic rings. The molecule has 0 amide bonds. The third-order valence-corrected chi connectivity index (χ3v) is 5.60. The Morgan fingerprint density at radius 3 is 2.40 bits per heavy atom. The van der Waals surface area contributed by atoms with Gasteiger partial charge in [-0.3, -0.25) is 0 Å². The van der Waals surface area contributed by atoms with Crippen molar-refractivity contribution in [2.75, 3.05) is 43.9 Å². The number of sulfonamides is 1. The number of hydrogen-bond acceptors (Lipinski definition) is 4. The molecule has 1 aliphatic heterocycles. The smallest absolute Gasteiger partial charge is 0.214 e. The minimum Gasteiger partial charge on any atom is -0.495 e. The van der Waals surface area contributed by atoms with E-state index < -0.39 is 10.0 Å². The molecule has 1 saturated heterocycles. The molecule has 0 saturated carbocycles. The third kappa shape index (κ3) is 3.24. The summed E-state index contributed by atoms with van der Waals surface area (Å²) in [5.74, 6) is 1.07. The molecule has 20 heavy (non-hydrogen) atoms. The second kappa shape index (κ2) is 6.45. The predicted octanol–water partition coefficient (Wildman–Crippen LogP) is 1.56. The van der Waals surface area contributed by atoms with Crippen LogP contribution in [-0.4, -0.2) is 51.8 Å². The summed E-state index contributed by atoms with van der Waals surface area (Å²) in [6, 6.07) is 7.84. The van der Waals surface area contributed by atoms with Crippen LogP contribution in [0.5, 0.6) is 5.75 Å². The molecule has 1 fully saturated rings. The molecule has 0 aliphatic carbocycles. The first-order valence-electron chi connectivity index (χ1n) is 6.94. The number of benzene rings is 1. The highest BCUT2D eigenvalue weighted by Crippen LogP contribution is 2.28. The van der Waals surface area contributed by atoms with Gasteiger partial charge >= 0.3 is 0 Å². The number of hydrogen-bond donors (Lipinski definition) is 0. The monoisotopic (exact) mass is 298 g/mol. The van der Waals surface area contributed by atoms with E-state index in [2.05, 4.69) is 4.90 Å². The zero-order valence-electron chi connectivity index (χ0n) is 12.1. The lowest BCUT2D eigenvalue weighted by atomic mass is 10.2. The number of anilines is 1. The lowest BCUT2D eigenvalue weighted by Crippen LogP contribution is -2.49. The van der Waals surface area contributed by atoms with Gasteiger partial charge < -0.3 is 9.64 Å². The summed E-state index contributed by atoms with van der Waals surface area (Å²) in [5, 5.41) is 0. The van der Waals surface area contributed by atoms with E-state index in [1.807, 2.05) is 31.2 Å². The lowest BCUT2D eigenvalue weighted by molar-refractivity contribution is 0.378. The van der Waals surface area contributed by atoms with E-state index in [1.54, 1.807) is 11.4 Å². The topological polar surface area (TPSA) is 49.9 Å². The molecule has 0 spiro atoms. The average Bonchev–Trinajstić information content (AvgIpc) is 2.47. The maximum Gasteiger partial charge on any atom is 0.214 e. The van der Waals surface area contributed by atoms with Gasteiger partial charge in [-0.25, -0.2) is 8.42 Å². The normalized spacial score (nSPS) is 17.2. The van der Waals surface area contributed by atoms with Crippen molar-refractivity contribution >= 4 is 15.7 Å². The zero-order chi connectivity index (χ0) is 14.6. The second-order valence-corrected chi connectivity index (χ2v) is 6.96. The molecule has 0 N–H and O–H groups in total. The number of ether oxygens (including phenoxy) is 1. The molecule has 0 aromatic heterocycles. The number of para-hydroxylation sites is 2. The van der Waals surface area contributed by atoms with Gasteiger partial charge in [-0.1, -0.05) is 19.1 Å². The summed E-state index contributed by atoms with van der Waals surface area (Å²) in [5.41, 5.74) is 1.03. The maximum absolute atomic E-state index is 12.0. The van der Waals surface area contributed by atoms with Crippen LogP contribution in [0.1, 0.15) is 13.3 Å². The van der Waals surface area contributed by atoms with Gasteiger partial charge in [0, 0.05) is 26.2 Å². The van der Waals surface area contributed by atoms with Crippen LogP contribution in [0.2, 0.25) is 0 Å². The Labute approximate surface area is 121 Å². The van der Waals surface area contributed by atoms with Crippen molar-refractivity contribution in [2.24, 2.45) is 0 Å². The molecule has 0 atom stereocenters. The highest BCUT2D eigenvalue weighted by molar-refractivity contribution is 7.89. The Morgan fingerprint density at radius 2 is 1.80 bits per heavy atom. The van der Waals surface area contributed by atoms with Crippen molar-refractivity contribution in [3.63, 3.8) is 0 Å². The Balaban J connectivity index is 2.05. The lowest BCUT2D eigenvalue weighted by Gasteiger charge is -2.35. The van der Waals surface area contributed by atoms with E-state index in [1.165, 1.54) is 0 Å². The van der Waals surface area contributed by atoms with Crippen LogP contribution in [0.25, 0.3) is 0 Å². The number of nitrogens with zero attached hydrogens (tertiary/aromatic N) is 2. The minimum absolute atomic E-state index is 0.238. The average molecular weight is 298 g/mol. The Hall–Kier alpha value is -1.27. The molecule has 6 heteroatoms. The van der Waals surface area contributed by atoms with Gasteiger partial charge in [0.1, 0.15) is 5.75 Å². The molecule has 112 valence electrons. The van der Waals surface area contributed by atoms with Crippen molar-refractivity contribution in [2.45, 2.75) is 13.3 Å². The zero-order valence-corrected chi connectivity index (χ0v) is 12.9. The maximum atomic E-state index is 12.0. The van der Waals surface area contributed by atoms with Gasteiger partial charge in [-0.2, -0.15) is 4.31 Å². The molecule has 5 nitrogen and oxygen atoms in total. The standard InChI is InChI=1S/C14H22N2O3S/c1-3-12-20(17,18)16-10-8-15(9-11-16)13-6-4-5-7-14(13)19-2/h4-7H,3,8-12H2,1-2H3. The van der Waals surface area contributed by atoms with Crippen LogP contribution in [-0.2, 0) is 10.0 Å². The Kier molecular flexibility index (Phi) is 4.88. The van der Waals surface area contributed by atoms with E-state index in [0.717, 1.165) is 11.4 Å². The summed E-state index contributed by atoms with van der Waals surface area (Å²) >= 11 is 0. The molecule has 0 radical (unpaired) electrons. The fraction of sp³-hybridized carbons (Fsp3) is 0.571. The van der Waals surface area contributed by atoms with Gasteiger partial charge in [0.2, 0.25) is 10.0 Å². The van der Waals surface area contributed by atoms with Crippen molar-refractivity contribution in [3.05, 3.63) is 24.3 Å². The van der Waals surface area contributed by atoms with Crippen LogP contribution < -0.4 is 9.64 Å². The second-order valence-electron chi connectivity index (χ2n) is 4.87. The van der Waals surface area contributed by atoms with Crippen molar-refractivity contribution in [1.29, 1.82) is 0 Å². The molecular formula is C14H22N2O3S. The number of methoxy groups -OCH3 is 1. The van der Waals surface area contributed by atoms with Crippen LogP contribution in [0, 0.1) is 0 Å². The quantitative estimate of drug-likeness (QED) is 0.828. The van der Waals surface area contributed by atoms with Gasteiger partial charge in [0.15, 0.2) is 0 Å². The van der Waals surface area contributed by atoms with E-state index >= 15 is 0 Å². The number of rotatable bonds is 5. The van der Waals surface area contributed by atoms with E-state index in [9.17, 15) is 8.42 Å². The molecule has 1 aromatic carbocycles. The van der Waals surface area contributed by atoms with Crippen molar-refractivity contribution < 1.29 is 13.2 Å². The van der Waals surface area contributed by atoms with Gasteiger partial charge in [0.25, 0.3) is 0 Å². The molecule has 0 bridgehead atoms. The summed E-state index contributed by atoms with van der Waals surface area (Å²) in [6.45, 7) is 4.37. The first-order valence-corrected chi connectivity index (χ1v) is 8.55. The predicted molar refractivity (Wildman–Crippen MR) is 80.9 cm³/mol. The number of piperazine rings is 1. The molecule has 1 heterocycles. The summed E-state index contributed by atoms with van der Waals surface area (Å²) in [6.07, 6.45) is 0.662. The fourth-order valence-electron chi connectivity index (χ4n) is 2.49. The minimum atomic E-state index is -3.08. The van der Waals surface area contributed by atoms with Crippen LogP contribution in [0.15, 0.2) is 24.3 Å². The van der Waals surface area contributed by atoms with Crippen LogP contribution in [0.3, 0.4) is 0 Å². The first-order chi connectivity index (χ1) is 9.58. The van der Waals surface area contributed by atoms with Gasteiger partial charge in [-0.05, 0) is 18.6 Å². The van der Waals surface area contributed by atoms with E-state index in [-0.39, 0.29) is 5.75 Å². The van der Waals surface area contributed by atoms with Crippen molar-refractivity contribution in [1.82, 2.24) is 4.31 Å². The summed E-state index contributed by atoms with van der Waals surface area (Å²) < 4.78 is 31.0. The van der Waals surface area contributed by atoms with Crippen LogP contribution >= 0.6 is 0 Å². The summed E-state index contributed by atoms with van der Waals surface area (Å²) in [7, 11) is -1.43. The summed E-state index contributed by atoms with van der Waals surface area (Å²) in [4.78, 5) is 2.18. The van der Waals surface area contributed by atoms with E-state index in [0.29, 0.717) is 32.6 Å². The highest BCUT2D eigenvalue weighted by atomic mass is 32.2. The SMILES string of the molecule is CCCS(=O)(=O)N1CCN(c2ccccc2OC)CC1. The van der Waals surface area contributed by atoms with Crippen molar-refractivity contribution in [3.8, 4) is 5.75 Å². The van der Waals surface area contributed by atoms with E-state index in [4.69, 9.17) is 4.74 Å². The fourth-order valence-corrected chi connectivity index (χ4v) is 3.98. The molecule has 1 aliphatic rings. The van der Waals surface area contributed by atoms with Gasteiger partial charge in [-0.15, -0.1) is 0 Å². The Bertz CT molecular complexity index is 537. The molecule has 2 rings (SSSR count). The highest BCUT2D eigenvalue weighted by Gasteiger charge is 2.26. The Morgan fingerprint density at radius 1 is 1.15 bits per heavy atom. The molecule has 0 unspecified atom stereocenters.